The number of rotatable bonds is 5. The van der Waals surface area contributed by atoms with Crippen molar-refractivity contribution in [3.63, 3.8) is 0 Å². The van der Waals surface area contributed by atoms with Crippen molar-refractivity contribution in [3.8, 4) is 28.9 Å². The fourth-order valence-corrected chi connectivity index (χ4v) is 5.08. The van der Waals surface area contributed by atoms with Crippen LogP contribution in [0.1, 0.15) is 44.2 Å². The first kappa shape index (κ1) is 19.1. The summed E-state index contributed by atoms with van der Waals surface area (Å²) in [4.78, 5) is 6.98. The molecule has 1 aromatic carbocycles. The van der Waals surface area contributed by atoms with E-state index in [0.29, 0.717) is 41.2 Å². The van der Waals surface area contributed by atoms with Crippen molar-refractivity contribution in [1.82, 2.24) is 35.5 Å². The average Bonchev–Trinajstić information content (AvgIpc) is 3.41. The Bertz CT molecular complexity index is 1170. The Hall–Kier alpha value is -3.58. The Kier molecular flexibility index (Phi) is 4.50. The number of phenols is 1. The van der Waals surface area contributed by atoms with E-state index >= 15 is 0 Å². The van der Waals surface area contributed by atoms with Crippen molar-refractivity contribution < 1.29 is 5.11 Å². The number of nitrogens with one attached hydrogen (secondary N) is 1. The maximum absolute atomic E-state index is 10.6. The molecule has 6 rings (SSSR count). The van der Waals surface area contributed by atoms with E-state index in [1.807, 2.05) is 6.07 Å². The van der Waals surface area contributed by atoms with Gasteiger partial charge in [0.1, 0.15) is 11.8 Å². The van der Waals surface area contributed by atoms with Gasteiger partial charge in [-0.25, -0.2) is 9.67 Å². The van der Waals surface area contributed by atoms with Crippen molar-refractivity contribution in [3.05, 3.63) is 36.3 Å². The molecule has 0 radical (unpaired) electrons. The van der Waals surface area contributed by atoms with Crippen LogP contribution in [0.25, 0.3) is 17.1 Å². The molecule has 2 bridgehead atoms. The maximum Gasteiger partial charge on any atom is 0.185 e. The van der Waals surface area contributed by atoms with Crippen LogP contribution in [-0.2, 0) is 0 Å². The van der Waals surface area contributed by atoms with Gasteiger partial charge < -0.3 is 15.3 Å². The number of fused-ring (bicyclic) bond motifs is 2. The Morgan fingerprint density at radius 1 is 1.06 bits per heavy atom. The van der Waals surface area contributed by atoms with Gasteiger partial charge in [-0.05, 0) is 50.7 Å². The van der Waals surface area contributed by atoms with Gasteiger partial charge in [0.25, 0.3) is 0 Å². The monoisotopic (exact) mass is 429 g/mol. The molecule has 1 aliphatic carbocycles. The summed E-state index contributed by atoms with van der Waals surface area (Å²) in [6.07, 6.45) is 10.5. The summed E-state index contributed by atoms with van der Waals surface area (Å²) in [7, 11) is 0. The van der Waals surface area contributed by atoms with Crippen LogP contribution in [0.2, 0.25) is 0 Å². The topological polar surface area (TPSA) is 129 Å². The number of phenolic OH excluding ortho intramolecular Hbond substituents is 1. The SMILES string of the molecule is N#Cc1cn(-c2ccc(-c3ncc(N(C4CC4)C4C[C@H]5CC[C@@H](C4)N5)nn3)c(O)c2)nn1. The Morgan fingerprint density at radius 3 is 2.50 bits per heavy atom. The van der Waals surface area contributed by atoms with Crippen molar-refractivity contribution in [2.24, 2.45) is 0 Å². The minimum atomic E-state index is 0.0139. The van der Waals surface area contributed by atoms with E-state index in [4.69, 9.17) is 5.26 Å². The smallest absolute Gasteiger partial charge is 0.185 e. The summed E-state index contributed by atoms with van der Waals surface area (Å²) in [5.41, 5.74) is 1.29. The number of benzene rings is 1. The molecule has 10 heteroatoms. The number of piperidine rings is 1. The Morgan fingerprint density at radius 2 is 1.88 bits per heavy atom. The van der Waals surface area contributed by atoms with Crippen molar-refractivity contribution in [2.45, 2.75) is 62.7 Å². The Balaban J connectivity index is 1.24. The lowest BCUT2D eigenvalue weighted by atomic mass is 9.98. The van der Waals surface area contributed by atoms with Crippen LogP contribution in [0.4, 0.5) is 5.82 Å². The largest absolute Gasteiger partial charge is 0.507 e. The number of hydrogen-bond donors (Lipinski definition) is 2. The van der Waals surface area contributed by atoms with Gasteiger partial charge in [0.2, 0.25) is 0 Å². The molecule has 2 aromatic heterocycles. The molecule has 1 saturated carbocycles. The minimum absolute atomic E-state index is 0.0139. The Labute approximate surface area is 184 Å². The second-order valence-corrected chi connectivity index (χ2v) is 8.90. The summed E-state index contributed by atoms with van der Waals surface area (Å²) in [6.45, 7) is 0. The quantitative estimate of drug-likeness (QED) is 0.625. The molecule has 2 aliphatic heterocycles. The second-order valence-electron chi connectivity index (χ2n) is 8.90. The van der Waals surface area contributed by atoms with Gasteiger partial charge in [-0.1, -0.05) is 5.21 Å². The van der Waals surface area contributed by atoms with Crippen LogP contribution >= 0.6 is 0 Å². The first-order chi connectivity index (χ1) is 15.7. The third-order valence-electron chi connectivity index (χ3n) is 6.69. The van der Waals surface area contributed by atoms with Gasteiger partial charge in [-0.3, -0.25) is 0 Å². The van der Waals surface area contributed by atoms with Crippen molar-refractivity contribution >= 4 is 5.82 Å². The van der Waals surface area contributed by atoms with E-state index in [0.717, 1.165) is 18.7 Å². The lowest BCUT2D eigenvalue weighted by Crippen LogP contribution is -2.49. The van der Waals surface area contributed by atoms with Crippen LogP contribution < -0.4 is 10.2 Å². The predicted octanol–water partition coefficient (Wildman–Crippen LogP) is 1.95. The van der Waals surface area contributed by atoms with E-state index in [1.54, 1.807) is 24.4 Å². The minimum Gasteiger partial charge on any atom is -0.507 e. The summed E-state index contributed by atoms with van der Waals surface area (Å²) in [5.74, 6) is 1.21. The molecular weight excluding hydrogens is 406 g/mol. The molecule has 2 saturated heterocycles. The summed E-state index contributed by atoms with van der Waals surface area (Å²) in [6, 6.07) is 9.22. The van der Waals surface area contributed by atoms with Crippen molar-refractivity contribution in [2.75, 3.05) is 4.90 Å². The average molecular weight is 429 g/mol. The van der Waals surface area contributed by atoms with E-state index in [1.165, 1.54) is 36.6 Å². The lowest BCUT2D eigenvalue weighted by Gasteiger charge is -2.38. The number of aromatic nitrogens is 6. The number of nitriles is 1. The van der Waals surface area contributed by atoms with Gasteiger partial charge in [-0.15, -0.1) is 15.3 Å². The van der Waals surface area contributed by atoms with Gasteiger partial charge in [0, 0.05) is 30.2 Å². The second kappa shape index (κ2) is 7.53. The highest BCUT2D eigenvalue weighted by Crippen LogP contribution is 2.38. The number of anilines is 1. The molecule has 3 aliphatic rings. The standard InChI is InChI=1S/C22H23N9O/c23-10-15-12-30(29-26-15)17-5-6-19(20(32)9-17)22-24-11-21(27-28-22)31(16-3-4-16)18-7-13-1-2-14(8-18)25-13/h5-6,9,11-14,16,18,25,32H,1-4,7-8H2/t13-,14+,18?. The number of nitrogens with zero attached hydrogens (tertiary/aromatic N) is 8. The first-order valence-electron chi connectivity index (χ1n) is 11.1. The fraction of sp³-hybridized carbons (Fsp3) is 0.455. The highest BCUT2D eigenvalue weighted by molar-refractivity contribution is 5.66. The van der Waals surface area contributed by atoms with E-state index < -0.39 is 0 Å². The predicted molar refractivity (Wildman–Crippen MR) is 115 cm³/mol. The molecule has 4 heterocycles. The molecule has 3 fully saturated rings. The third kappa shape index (κ3) is 3.44. The van der Waals surface area contributed by atoms with E-state index in [-0.39, 0.29) is 11.4 Å². The van der Waals surface area contributed by atoms with Crippen molar-refractivity contribution in [1.29, 1.82) is 5.26 Å². The number of hydrogen-bond acceptors (Lipinski definition) is 9. The van der Waals surface area contributed by atoms with Crippen LogP contribution in [-0.4, -0.2) is 59.4 Å². The molecule has 0 spiro atoms. The van der Waals surface area contributed by atoms with Gasteiger partial charge in [0.05, 0.1) is 23.6 Å². The normalized spacial score (nSPS) is 24.3. The molecule has 10 nitrogen and oxygen atoms in total. The fourth-order valence-electron chi connectivity index (χ4n) is 5.08. The molecule has 32 heavy (non-hydrogen) atoms. The summed E-state index contributed by atoms with van der Waals surface area (Å²) in [5, 5.41) is 39.7. The van der Waals surface area contributed by atoms with E-state index in [9.17, 15) is 5.11 Å². The van der Waals surface area contributed by atoms with E-state index in [2.05, 4.69) is 35.7 Å². The first-order valence-corrected chi connectivity index (χ1v) is 11.1. The molecule has 3 atom stereocenters. The molecule has 3 aromatic rings. The van der Waals surface area contributed by atoms with Crippen LogP contribution in [0.3, 0.4) is 0 Å². The highest BCUT2D eigenvalue weighted by atomic mass is 16.3. The number of aromatic hydroxyl groups is 1. The van der Waals surface area contributed by atoms with Crippen LogP contribution in [0, 0.1) is 11.3 Å². The zero-order valence-corrected chi connectivity index (χ0v) is 17.5. The van der Waals surface area contributed by atoms with Crippen LogP contribution in [0.5, 0.6) is 5.75 Å². The zero-order valence-electron chi connectivity index (χ0n) is 17.5. The third-order valence-corrected chi connectivity index (χ3v) is 6.69. The summed E-state index contributed by atoms with van der Waals surface area (Å²) >= 11 is 0. The molecule has 1 unspecified atom stereocenters. The highest BCUT2D eigenvalue weighted by Gasteiger charge is 2.41. The molecular formula is C22H23N9O. The van der Waals surface area contributed by atoms with Gasteiger partial charge in [-0.2, -0.15) is 5.26 Å². The van der Waals surface area contributed by atoms with Gasteiger partial charge in [0.15, 0.2) is 17.3 Å². The summed E-state index contributed by atoms with van der Waals surface area (Å²) < 4.78 is 1.43. The molecule has 2 N–H and O–H groups in total. The molecule has 0 amide bonds. The zero-order chi connectivity index (χ0) is 21.7. The maximum atomic E-state index is 10.6. The lowest BCUT2D eigenvalue weighted by molar-refractivity contribution is 0.343. The molecule has 162 valence electrons. The van der Waals surface area contributed by atoms with Crippen LogP contribution in [0.15, 0.2) is 30.6 Å². The van der Waals surface area contributed by atoms with Gasteiger partial charge >= 0.3 is 0 Å².